The van der Waals surface area contributed by atoms with Crippen molar-refractivity contribution in [3.63, 3.8) is 0 Å². The highest BCUT2D eigenvalue weighted by Crippen LogP contribution is 1.66. The van der Waals surface area contributed by atoms with Gasteiger partial charge in [-0.15, -0.1) is 0 Å². The maximum Gasteiger partial charge on any atom is 0.0663 e. The summed E-state index contributed by atoms with van der Waals surface area (Å²) < 4.78 is 0. The molecule has 1 heterocycles. The van der Waals surface area contributed by atoms with E-state index in [-0.39, 0.29) is 0 Å². The van der Waals surface area contributed by atoms with Crippen LogP contribution in [-0.4, -0.2) is 15.0 Å². The second-order valence-corrected chi connectivity index (χ2v) is 0.901. The molecule has 0 aliphatic carbocycles. The molecule has 0 aliphatic rings. The van der Waals surface area contributed by atoms with Crippen LogP contribution in [0.5, 0.6) is 0 Å². The third-order valence-electron chi connectivity index (χ3n) is 0.467. The van der Waals surface area contributed by atoms with E-state index in [1.54, 1.807) is 12.4 Å². The molecule has 32 valence electrons. The minimum atomic E-state index is 1.25. The Morgan fingerprint density at radius 2 is 1.83 bits per heavy atom. The number of aromatic nitrogens is 3. The Bertz CT molecular complexity index is 110. The van der Waals surface area contributed by atoms with Gasteiger partial charge in [-0.2, -0.15) is 10.2 Å². The second kappa shape index (κ2) is 1.01. The van der Waals surface area contributed by atoms with Crippen molar-refractivity contribution >= 4 is 0 Å². The summed E-state index contributed by atoms with van der Waals surface area (Å²) in [6.45, 7) is 0. The fraction of sp³-hybridized carbons (Fsp3) is 0. The van der Waals surface area contributed by atoms with Gasteiger partial charge in [0.25, 0.3) is 0 Å². The molecule has 1 aromatic heterocycles. The summed E-state index contributed by atoms with van der Waals surface area (Å²) in [6, 6.07) is 0. The molecule has 0 amide bonds. The van der Waals surface area contributed by atoms with Crippen LogP contribution in [0.1, 0.15) is 0 Å². The molecule has 0 unspecified atom stereocenters. The lowest BCUT2D eigenvalue weighted by Crippen LogP contribution is -1.86. The average Bonchev–Trinajstić information content (AvgIpc) is 1.86. The molecule has 0 fully saturated rings. The summed E-state index contributed by atoms with van der Waals surface area (Å²) >= 11 is 0. The largest absolute Gasteiger partial charge is 0.322 e. The Labute approximate surface area is 35.6 Å². The molecule has 0 bridgehead atoms. The van der Waals surface area contributed by atoms with Gasteiger partial charge < -0.3 is 4.80 Å². The molecule has 0 saturated heterocycles. The van der Waals surface area contributed by atoms with Gasteiger partial charge >= 0.3 is 0 Å². The summed E-state index contributed by atoms with van der Waals surface area (Å²) in [7, 11) is 3.38. The van der Waals surface area contributed by atoms with E-state index in [1.807, 2.05) is 0 Å². The number of hydrogen-bond acceptors (Lipinski definition) is 2. The maximum absolute atomic E-state index is 3.61. The van der Waals surface area contributed by atoms with Gasteiger partial charge in [0.2, 0.25) is 0 Å². The molecule has 0 radical (unpaired) electrons. The SMILES string of the molecule is [CH2-]n1nccn1. The zero-order chi connectivity index (χ0) is 4.41. The van der Waals surface area contributed by atoms with Crippen molar-refractivity contribution in [2.75, 3.05) is 0 Å². The molecule has 3 heteroatoms. The third-order valence-corrected chi connectivity index (χ3v) is 0.467. The van der Waals surface area contributed by atoms with Gasteiger partial charge in [0.1, 0.15) is 0 Å². The highest BCUT2D eigenvalue weighted by molar-refractivity contribution is 4.59. The third kappa shape index (κ3) is 0.337. The van der Waals surface area contributed by atoms with Crippen molar-refractivity contribution in [3.8, 4) is 0 Å². The number of rotatable bonds is 0. The quantitative estimate of drug-likeness (QED) is 0.410. The summed E-state index contributed by atoms with van der Waals surface area (Å²) in [5.41, 5.74) is 0. The summed E-state index contributed by atoms with van der Waals surface area (Å²) in [4.78, 5) is 1.25. The van der Waals surface area contributed by atoms with Gasteiger partial charge in [-0.25, -0.2) is 0 Å². The van der Waals surface area contributed by atoms with Crippen molar-refractivity contribution in [1.29, 1.82) is 0 Å². The minimum Gasteiger partial charge on any atom is -0.322 e. The summed E-state index contributed by atoms with van der Waals surface area (Å²) in [6.07, 6.45) is 3.15. The predicted octanol–water partition coefficient (Wildman–Crippen LogP) is -0.0822. The Morgan fingerprint density at radius 1 is 1.33 bits per heavy atom. The van der Waals surface area contributed by atoms with Gasteiger partial charge in [-0.3, -0.25) is 7.05 Å². The van der Waals surface area contributed by atoms with Crippen molar-refractivity contribution in [2.24, 2.45) is 0 Å². The van der Waals surface area contributed by atoms with Crippen molar-refractivity contribution < 1.29 is 0 Å². The molecule has 3 nitrogen and oxygen atoms in total. The van der Waals surface area contributed by atoms with Crippen LogP contribution in [0.15, 0.2) is 12.4 Å². The van der Waals surface area contributed by atoms with Crippen molar-refractivity contribution in [1.82, 2.24) is 15.0 Å². The van der Waals surface area contributed by atoms with Gasteiger partial charge in [0.15, 0.2) is 0 Å². The summed E-state index contributed by atoms with van der Waals surface area (Å²) in [5, 5.41) is 7.22. The lowest BCUT2D eigenvalue weighted by atomic mass is 11.0. The van der Waals surface area contributed by atoms with Crippen LogP contribution in [0, 0.1) is 7.05 Å². The second-order valence-electron chi connectivity index (χ2n) is 0.901. The van der Waals surface area contributed by atoms with E-state index < -0.39 is 0 Å². The first kappa shape index (κ1) is 3.21. The molecule has 0 aromatic carbocycles. The smallest absolute Gasteiger partial charge is 0.0663 e. The average molecular weight is 82.1 g/mol. The molecule has 6 heavy (non-hydrogen) atoms. The van der Waals surface area contributed by atoms with Crippen LogP contribution in [0.2, 0.25) is 0 Å². The zero-order valence-electron chi connectivity index (χ0n) is 3.20. The van der Waals surface area contributed by atoms with Crippen LogP contribution in [0.25, 0.3) is 0 Å². The molecule has 0 spiro atoms. The zero-order valence-corrected chi connectivity index (χ0v) is 3.20. The molecular formula is C3H4N3-. The van der Waals surface area contributed by atoms with Crippen LogP contribution in [0.3, 0.4) is 0 Å². The van der Waals surface area contributed by atoms with E-state index in [0.717, 1.165) is 0 Å². The first-order chi connectivity index (χ1) is 2.89. The van der Waals surface area contributed by atoms with Crippen molar-refractivity contribution in [2.45, 2.75) is 0 Å². The minimum absolute atomic E-state index is 1.25. The van der Waals surface area contributed by atoms with E-state index in [2.05, 4.69) is 17.2 Å². The Hall–Kier alpha value is -0.990. The van der Waals surface area contributed by atoms with E-state index in [0.29, 0.717) is 0 Å². The summed E-state index contributed by atoms with van der Waals surface area (Å²) in [5.74, 6) is 0. The Kier molecular flexibility index (Phi) is 0.538. The number of hydrogen-bond donors (Lipinski definition) is 0. The van der Waals surface area contributed by atoms with E-state index >= 15 is 0 Å². The molecule has 1 aromatic rings. The van der Waals surface area contributed by atoms with Crippen LogP contribution < -0.4 is 0 Å². The molecule has 0 saturated carbocycles. The molecular weight excluding hydrogens is 78.1 g/mol. The van der Waals surface area contributed by atoms with E-state index in [4.69, 9.17) is 0 Å². The van der Waals surface area contributed by atoms with E-state index in [9.17, 15) is 0 Å². The highest BCUT2D eigenvalue weighted by Gasteiger charge is 1.63. The monoisotopic (exact) mass is 82.0 g/mol. The fourth-order valence-electron chi connectivity index (χ4n) is 0.243. The van der Waals surface area contributed by atoms with Crippen LogP contribution >= 0.6 is 0 Å². The lowest BCUT2D eigenvalue weighted by molar-refractivity contribution is 0.746. The van der Waals surface area contributed by atoms with Crippen LogP contribution in [0.4, 0.5) is 0 Å². The molecule has 1 rings (SSSR count). The van der Waals surface area contributed by atoms with Crippen molar-refractivity contribution in [3.05, 3.63) is 19.4 Å². The van der Waals surface area contributed by atoms with E-state index in [1.165, 1.54) is 4.80 Å². The first-order valence-corrected chi connectivity index (χ1v) is 1.57. The lowest BCUT2D eigenvalue weighted by Gasteiger charge is -1.87. The first-order valence-electron chi connectivity index (χ1n) is 1.57. The predicted molar refractivity (Wildman–Crippen MR) is 20.8 cm³/mol. The van der Waals surface area contributed by atoms with Crippen LogP contribution in [-0.2, 0) is 0 Å². The number of nitrogens with zero attached hydrogens (tertiary/aromatic N) is 3. The van der Waals surface area contributed by atoms with Gasteiger partial charge in [-0.05, 0) is 0 Å². The highest BCUT2D eigenvalue weighted by atomic mass is 15.4. The topological polar surface area (TPSA) is 30.7 Å². The normalized spacial score (nSPS) is 8.67. The fourth-order valence-corrected chi connectivity index (χ4v) is 0.243. The molecule has 0 aliphatic heterocycles. The standard InChI is InChI=1S/C3H4N3/c1-6-4-2-3-5-6/h2-3H,1H2/q-1. The van der Waals surface area contributed by atoms with Gasteiger partial charge in [-0.1, -0.05) is 0 Å². The molecule has 0 atom stereocenters. The Balaban J connectivity index is 3.05. The maximum atomic E-state index is 3.61. The van der Waals surface area contributed by atoms with Gasteiger partial charge in [0.05, 0.1) is 12.4 Å². The molecule has 0 N–H and O–H groups in total. The van der Waals surface area contributed by atoms with Gasteiger partial charge in [0, 0.05) is 0 Å². The Morgan fingerprint density at radius 3 is 2.00 bits per heavy atom.